The Hall–Kier alpha value is -5.51. The van der Waals surface area contributed by atoms with Crippen LogP contribution in [0.1, 0.15) is 5.69 Å². The van der Waals surface area contributed by atoms with E-state index in [1.807, 2.05) is 0 Å². The molecule has 0 fully saturated rings. The standard InChI is InChI=1S/C12H8F3N5O3S.C12H9F2N5O2S/c1-23-12-16-5-8(15)10-17-11(18-20(10)12)24(21,22)19-9-6(13)3-2-4-7(9)14;1-7-5-6-19-11(15-7)16-12(17-19)22(20,21)18-10-8(13)3-2-4-9(10)14/h2-5,19H,1H3;2-6,18H,1H3. The molecule has 15 nitrogen and oxygen atoms in total. The van der Waals surface area contributed by atoms with Gasteiger partial charge in [-0.1, -0.05) is 12.1 Å². The smallest absolute Gasteiger partial charge is 0.319 e. The number of nitrogens with one attached hydrogen (secondary N) is 2. The Bertz CT molecular complexity index is 2300. The number of aryl methyl sites for hydroxylation is 1. The Balaban J connectivity index is 0.000000182. The molecule has 22 heteroatoms. The molecule has 4 aromatic heterocycles. The van der Waals surface area contributed by atoms with Crippen LogP contribution in [-0.4, -0.2) is 63.1 Å². The van der Waals surface area contributed by atoms with Gasteiger partial charge < -0.3 is 4.74 Å². The van der Waals surface area contributed by atoms with Crippen LogP contribution in [0.15, 0.2) is 65.2 Å². The number of sulfonamides is 2. The molecular weight excluding hydrogens is 667 g/mol. The van der Waals surface area contributed by atoms with E-state index in [4.69, 9.17) is 4.74 Å². The molecule has 0 saturated heterocycles. The van der Waals surface area contributed by atoms with Crippen molar-refractivity contribution in [1.82, 2.24) is 39.2 Å². The van der Waals surface area contributed by atoms with Crippen LogP contribution < -0.4 is 14.2 Å². The number of ether oxygens (including phenoxy) is 1. The van der Waals surface area contributed by atoms with Crippen molar-refractivity contribution >= 4 is 42.8 Å². The van der Waals surface area contributed by atoms with Gasteiger partial charge in [-0.2, -0.15) is 31.3 Å². The lowest BCUT2D eigenvalue weighted by Gasteiger charge is -2.06. The molecule has 0 aliphatic heterocycles. The van der Waals surface area contributed by atoms with Crippen LogP contribution in [0.2, 0.25) is 0 Å². The molecule has 0 amide bonds. The minimum absolute atomic E-state index is 0.0642. The second kappa shape index (κ2) is 12.1. The third-order valence-corrected chi connectivity index (χ3v) is 7.91. The molecule has 2 N–H and O–H groups in total. The molecular formula is C24H17F5N10O5S2. The van der Waals surface area contributed by atoms with Crippen LogP contribution in [-0.2, 0) is 20.0 Å². The van der Waals surface area contributed by atoms with Gasteiger partial charge in [0.2, 0.25) is 0 Å². The van der Waals surface area contributed by atoms with E-state index >= 15 is 0 Å². The Morgan fingerprint density at radius 1 is 0.717 bits per heavy atom. The lowest BCUT2D eigenvalue weighted by atomic mass is 10.3. The van der Waals surface area contributed by atoms with E-state index in [1.165, 1.54) is 13.3 Å². The van der Waals surface area contributed by atoms with Gasteiger partial charge in [-0.15, -0.1) is 10.2 Å². The number of hydrogen-bond donors (Lipinski definition) is 2. The predicted octanol–water partition coefficient (Wildman–Crippen LogP) is 2.86. The molecule has 0 aliphatic rings. The summed E-state index contributed by atoms with van der Waals surface area (Å²) in [5.74, 6) is -5.24. The quantitative estimate of drug-likeness (QED) is 0.236. The van der Waals surface area contributed by atoms with Gasteiger partial charge in [0.1, 0.15) is 34.6 Å². The molecule has 6 rings (SSSR count). The lowest BCUT2D eigenvalue weighted by Crippen LogP contribution is -2.16. The summed E-state index contributed by atoms with van der Waals surface area (Å²) < 4.78 is 127. The van der Waals surface area contributed by atoms with Gasteiger partial charge in [-0.05, 0) is 37.3 Å². The molecule has 2 aromatic carbocycles. The fourth-order valence-electron chi connectivity index (χ4n) is 3.57. The number of fused-ring (bicyclic) bond motifs is 2. The zero-order chi connectivity index (χ0) is 33.4. The van der Waals surface area contributed by atoms with Gasteiger partial charge in [0.05, 0.1) is 13.3 Å². The summed E-state index contributed by atoms with van der Waals surface area (Å²) in [6, 6.07) is 7.18. The first kappa shape index (κ1) is 31.9. The van der Waals surface area contributed by atoms with E-state index in [2.05, 4.69) is 30.1 Å². The monoisotopic (exact) mass is 684 g/mol. The summed E-state index contributed by atoms with van der Waals surface area (Å²) in [7, 11) is -7.72. The number of methoxy groups -OCH3 is 1. The summed E-state index contributed by atoms with van der Waals surface area (Å²) in [4.78, 5) is 14.8. The first-order valence-electron chi connectivity index (χ1n) is 12.3. The average molecular weight is 685 g/mol. The first-order valence-corrected chi connectivity index (χ1v) is 15.3. The normalized spacial score (nSPS) is 11.7. The molecule has 0 aliphatic carbocycles. The van der Waals surface area contributed by atoms with Gasteiger partial charge in [0, 0.05) is 11.9 Å². The number of rotatable bonds is 7. The Morgan fingerprint density at radius 2 is 1.24 bits per heavy atom. The van der Waals surface area contributed by atoms with E-state index in [1.54, 1.807) is 22.4 Å². The van der Waals surface area contributed by atoms with Gasteiger partial charge in [0.25, 0.3) is 36.1 Å². The van der Waals surface area contributed by atoms with E-state index in [0.717, 1.165) is 47.1 Å². The van der Waals surface area contributed by atoms with E-state index in [-0.39, 0.29) is 11.8 Å². The summed E-state index contributed by atoms with van der Waals surface area (Å²) >= 11 is 0. The lowest BCUT2D eigenvalue weighted by molar-refractivity contribution is 0.363. The van der Waals surface area contributed by atoms with Crippen molar-refractivity contribution in [3.63, 3.8) is 0 Å². The minimum atomic E-state index is -4.58. The highest BCUT2D eigenvalue weighted by molar-refractivity contribution is 7.92. The molecule has 0 unspecified atom stereocenters. The third-order valence-electron chi connectivity index (χ3n) is 5.66. The van der Waals surface area contributed by atoms with Crippen LogP contribution in [0.3, 0.4) is 0 Å². The van der Waals surface area contributed by atoms with Crippen molar-refractivity contribution in [3.05, 3.63) is 89.6 Å². The van der Waals surface area contributed by atoms with Crippen molar-refractivity contribution in [3.8, 4) is 6.01 Å². The largest absolute Gasteiger partial charge is 0.467 e. The molecule has 0 bridgehead atoms. The van der Waals surface area contributed by atoms with Gasteiger partial charge in [0.15, 0.2) is 11.5 Å². The van der Waals surface area contributed by atoms with Gasteiger partial charge in [-0.25, -0.2) is 36.4 Å². The second-order valence-corrected chi connectivity index (χ2v) is 12.0. The van der Waals surface area contributed by atoms with Crippen LogP contribution >= 0.6 is 0 Å². The number of benzene rings is 2. The fraction of sp³-hybridized carbons (Fsp3) is 0.0833. The highest BCUT2D eigenvalue weighted by atomic mass is 32.2. The van der Waals surface area contributed by atoms with Gasteiger partial charge >= 0.3 is 6.01 Å². The topological polar surface area (TPSA) is 188 Å². The fourth-order valence-corrected chi connectivity index (χ4v) is 5.47. The molecule has 0 saturated carbocycles. The summed E-state index contributed by atoms with van der Waals surface area (Å²) in [5.41, 5.74) is -1.54. The van der Waals surface area contributed by atoms with Crippen molar-refractivity contribution in [2.75, 3.05) is 16.6 Å². The number of halogens is 5. The second-order valence-electron chi connectivity index (χ2n) is 8.83. The zero-order valence-electron chi connectivity index (χ0n) is 23.0. The SMILES string of the molecule is COc1ncc(F)c2nc(S(=O)(=O)Nc3c(F)cccc3F)nn12.Cc1ccn2nc(S(=O)(=O)Nc3c(F)cccc3F)nc2n1. The van der Waals surface area contributed by atoms with E-state index in [0.29, 0.717) is 10.2 Å². The summed E-state index contributed by atoms with van der Waals surface area (Å²) in [5, 5.41) is 5.74. The number of hydrogen-bond acceptors (Lipinski definition) is 11. The first-order chi connectivity index (χ1) is 21.7. The van der Waals surface area contributed by atoms with Crippen LogP contribution in [0.4, 0.5) is 33.3 Å². The van der Waals surface area contributed by atoms with Crippen LogP contribution in [0, 0.1) is 36.0 Å². The highest BCUT2D eigenvalue weighted by Crippen LogP contribution is 2.23. The molecule has 0 spiro atoms. The molecule has 46 heavy (non-hydrogen) atoms. The maximum absolute atomic E-state index is 13.7. The van der Waals surface area contributed by atoms with Crippen LogP contribution in [0.25, 0.3) is 11.4 Å². The van der Waals surface area contributed by atoms with Crippen molar-refractivity contribution < 1.29 is 43.5 Å². The van der Waals surface area contributed by atoms with Crippen LogP contribution in [0.5, 0.6) is 6.01 Å². The Kier molecular flexibility index (Phi) is 8.40. The molecule has 240 valence electrons. The zero-order valence-corrected chi connectivity index (χ0v) is 24.7. The van der Waals surface area contributed by atoms with E-state index in [9.17, 15) is 38.8 Å². The third kappa shape index (κ3) is 6.32. The van der Waals surface area contributed by atoms with Crippen molar-refractivity contribution in [2.45, 2.75) is 17.2 Å². The van der Waals surface area contributed by atoms with Crippen molar-refractivity contribution in [2.24, 2.45) is 0 Å². The van der Waals surface area contributed by atoms with E-state index < -0.39 is 76.5 Å². The Morgan fingerprint density at radius 3 is 1.76 bits per heavy atom. The molecule has 6 aromatic rings. The summed E-state index contributed by atoms with van der Waals surface area (Å²) in [6.07, 6.45) is 2.25. The maximum Gasteiger partial charge on any atom is 0.319 e. The summed E-state index contributed by atoms with van der Waals surface area (Å²) in [6.45, 7) is 1.70. The molecule has 4 heterocycles. The molecule has 0 atom stereocenters. The van der Waals surface area contributed by atoms with Crippen molar-refractivity contribution in [1.29, 1.82) is 0 Å². The average Bonchev–Trinajstić information content (AvgIpc) is 3.64. The van der Waals surface area contributed by atoms with Gasteiger partial charge in [-0.3, -0.25) is 9.44 Å². The number of nitrogens with zero attached hydrogens (tertiary/aromatic N) is 8. The maximum atomic E-state index is 13.7. The number of anilines is 2. The predicted molar refractivity (Wildman–Crippen MR) is 147 cm³/mol. The number of aromatic nitrogens is 8. The molecule has 0 radical (unpaired) electrons. The highest BCUT2D eigenvalue weighted by Gasteiger charge is 2.27. The number of para-hydroxylation sites is 2. The minimum Gasteiger partial charge on any atom is -0.467 e. The Labute approximate surface area is 254 Å².